The Balaban J connectivity index is 3.00. The van der Waals surface area contributed by atoms with Crippen LogP contribution < -0.4 is 4.52 Å². The van der Waals surface area contributed by atoms with Crippen LogP contribution in [0.5, 0.6) is 5.75 Å². The molecule has 0 aliphatic heterocycles. The Kier molecular flexibility index (Phi) is 2.78. The molecule has 0 amide bonds. The zero-order valence-corrected chi connectivity index (χ0v) is 6.75. The van der Waals surface area contributed by atoms with E-state index >= 15 is 0 Å². The Hall–Kier alpha value is -0.930. The maximum Gasteiger partial charge on any atom is 0.365 e. The highest BCUT2D eigenvalue weighted by molar-refractivity contribution is 7.32. The molecular weight excluding hydrogens is 189 g/mol. The van der Waals surface area contributed by atoms with Crippen LogP contribution in [0.2, 0.25) is 0 Å². The second-order valence-corrected chi connectivity index (χ2v) is 2.66. The summed E-state index contributed by atoms with van der Waals surface area (Å²) in [6, 6.07) is 3.13. The molecule has 0 radical (unpaired) electrons. The molecule has 0 saturated heterocycles. The quantitative estimate of drug-likeness (QED) is 0.729. The van der Waals surface area contributed by atoms with Crippen LogP contribution in [0.4, 0.5) is 8.78 Å². The first-order chi connectivity index (χ1) is 5.61. The van der Waals surface area contributed by atoms with Crippen LogP contribution in [0.3, 0.4) is 0 Å². The van der Waals surface area contributed by atoms with Crippen LogP contribution in [0.15, 0.2) is 18.2 Å². The summed E-state index contributed by atoms with van der Waals surface area (Å²) in [6.45, 7) is 0. The number of rotatable bonds is 2. The molecule has 66 valence electrons. The third-order valence-electron chi connectivity index (χ3n) is 1.11. The molecule has 6 heteroatoms. The van der Waals surface area contributed by atoms with Gasteiger partial charge in [-0.05, 0) is 12.1 Å². The van der Waals surface area contributed by atoms with Crippen LogP contribution in [-0.4, -0.2) is 4.89 Å². The Labute approximate surface area is 67.5 Å². The molecule has 1 atom stereocenters. The highest BCUT2D eigenvalue weighted by Crippen LogP contribution is 2.26. The van der Waals surface area contributed by atoms with E-state index < -0.39 is 25.6 Å². The Morgan fingerprint density at radius 1 is 1.42 bits per heavy atom. The molecule has 1 unspecified atom stereocenters. The van der Waals surface area contributed by atoms with Gasteiger partial charge in [-0.1, -0.05) is 6.07 Å². The standard InChI is InChI=1S/C6H5F2O3P/c7-4-2-1-3-5(6(4)8)11-12(9)10/h1-3,12H,(H,9,10). The van der Waals surface area contributed by atoms with Gasteiger partial charge in [0.2, 0.25) is 5.82 Å². The summed E-state index contributed by atoms with van der Waals surface area (Å²) in [5, 5.41) is 0. The molecule has 1 N–H and O–H groups in total. The molecule has 0 fully saturated rings. The Bertz CT molecular complexity index is 316. The molecule has 1 aromatic rings. The van der Waals surface area contributed by atoms with Crippen LogP contribution >= 0.6 is 8.25 Å². The van der Waals surface area contributed by atoms with Gasteiger partial charge in [0, 0.05) is 0 Å². The average molecular weight is 194 g/mol. The van der Waals surface area contributed by atoms with E-state index in [0.717, 1.165) is 12.1 Å². The summed E-state index contributed by atoms with van der Waals surface area (Å²) in [7, 11) is -3.28. The normalized spacial score (nSPS) is 12.6. The third-order valence-corrected chi connectivity index (χ3v) is 1.51. The van der Waals surface area contributed by atoms with Gasteiger partial charge in [-0.3, -0.25) is 0 Å². The lowest BCUT2D eigenvalue weighted by Crippen LogP contribution is -1.88. The molecule has 0 aliphatic carbocycles. The lowest BCUT2D eigenvalue weighted by molar-refractivity contribution is 0.390. The predicted molar refractivity (Wildman–Crippen MR) is 38.2 cm³/mol. The van der Waals surface area contributed by atoms with E-state index in [4.69, 9.17) is 4.89 Å². The number of hydrogen-bond donors (Lipinski definition) is 1. The third kappa shape index (κ3) is 2.03. The minimum absolute atomic E-state index is 0.554. The fourth-order valence-corrected chi connectivity index (χ4v) is 1.00. The summed E-state index contributed by atoms with van der Waals surface area (Å²) >= 11 is 0. The van der Waals surface area contributed by atoms with Gasteiger partial charge >= 0.3 is 8.25 Å². The van der Waals surface area contributed by atoms with Crippen molar-refractivity contribution >= 4 is 8.25 Å². The second-order valence-electron chi connectivity index (χ2n) is 1.92. The van der Waals surface area contributed by atoms with Gasteiger partial charge in [0.05, 0.1) is 0 Å². The summed E-state index contributed by atoms with van der Waals surface area (Å²) in [5.74, 6) is -2.93. The van der Waals surface area contributed by atoms with Crippen molar-refractivity contribution in [2.75, 3.05) is 0 Å². The largest absolute Gasteiger partial charge is 0.423 e. The van der Waals surface area contributed by atoms with Crippen molar-refractivity contribution in [2.45, 2.75) is 0 Å². The fraction of sp³-hybridized carbons (Fsp3) is 0. The second kappa shape index (κ2) is 3.65. The average Bonchev–Trinajstić information content (AvgIpc) is 1.98. The monoisotopic (exact) mass is 194 g/mol. The highest BCUT2D eigenvalue weighted by Gasteiger charge is 2.09. The molecule has 0 saturated carbocycles. The smallest absolute Gasteiger partial charge is 0.365 e. The molecule has 0 aliphatic rings. The van der Waals surface area contributed by atoms with Crippen LogP contribution in [0.1, 0.15) is 0 Å². The minimum Gasteiger partial charge on any atom is -0.423 e. The van der Waals surface area contributed by atoms with Gasteiger partial charge < -0.3 is 9.42 Å². The van der Waals surface area contributed by atoms with E-state index in [0.29, 0.717) is 0 Å². The molecule has 1 rings (SSSR count). The van der Waals surface area contributed by atoms with E-state index in [1.807, 2.05) is 0 Å². The van der Waals surface area contributed by atoms with Crippen LogP contribution in [0.25, 0.3) is 0 Å². The topological polar surface area (TPSA) is 46.5 Å². The van der Waals surface area contributed by atoms with Gasteiger partial charge in [-0.25, -0.2) is 8.96 Å². The summed E-state index contributed by atoms with van der Waals surface area (Å²) < 4.78 is 39.2. The number of halogens is 2. The maximum absolute atomic E-state index is 12.6. The lowest BCUT2D eigenvalue weighted by Gasteiger charge is -2.02. The molecule has 0 heterocycles. The van der Waals surface area contributed by atoms with E-state index in [2.05, 4.69) is 4.52 Å². The molecular formula is C6H5F2O3P. The number of hydrogen-bond acceptors (Lipinski definition) is 2. The predicted octanol–water partition coefficient (Wildman–Crippen LogP) is 1.73. The molecule has 0 aromatic heterocycles. The Morgan fingerprint density at radius 3 is 2.67 bits per heavy atom. The van der Waals surface area contributed by atoms with Gasteiger partial charge in [-0.15, -0.1) is 0 Å². The van der Waals surface area contributed by atoms with E-state index in [1.165, 1.54) is 6.07 Å². The Morgan fingerprint density at radius 2 is 2.08 bits per heavy atom. The zero-order chi connectivity index (χ0) is 9.14. The zero-order valence-electron chi connectivity index (χ0n) is 5.75. The van der Waals surface area contributed by atoms with Crippen molar-refractivity contribution in [1.82, 2.24) is 0 Å². The van der Waals surface area contributed by atoms with Crippen molar-refractivity contribution in [3.05, 3.63) is 29.8 Å². The summed E-state index contributed by atoms with van der Waals surface area (Å²) in [4.78, 5) is 8.26. The van der Waals surface area contributed by atoms with Crippen LogP contribution in [-0.2, 0) is 4.57 Å². The molecule has 12 heavy (non-hydrogen) atoms. The van der Waals surface area contributed by atoms with Crippen molar-refractivity contribution in [1.29, 1.82) is 0 Å². The molecule has 1 aromatic carbocycles. The lowest BCUT2D eigenvalue weighted by atomic mass is 10.3. The SMILES string of the molecule is O=[PH](O)Oc1cccc(F)c1F. The molecule has 0 bridgehead atoms. The molecule has 0 spiro atoms. The van der Waals surface area contributed by atoms with Crippen molar-refractivity contribution < 1.29 is 22.8 Å². The van der Waals surface area contributed by atoms with E-state index in [1.54, 1.807) is 0 Å². The van der Waals surface area contributed by atoms with Gasteiger partial charge in [0.25, 0.3) is 0 Å². The van der Waals surface area contributed by atoms with Gasteiger partial charge in [0.1, 0.15) is 0 Å². The molecule has 3 nitrogen and oxygen atoms in total. The summed E-state index contributed by atoms with van der Waals surface area (Å²) in [6.07, 6.45) is 0. The minimum atomic E-state index is -3.28. The highest BCUT2D eigenvalue weighted by atomic mass is 31.1. The van der Waals surface area contributed by atoms with E-state index in [9.17, 15) is 13.3 Å². The number of benzene rings is 1. The van der Waals surface area contributed by atoms with Crippen molar-refractivity contribution in [3.63, 3.8) is 0 Å². The first kappa shape index (κ1) is 9.16. The first-order valence-electron chi connectivity index (χ1n) is 2.96. The van der Waals surface area contributed by atoms with Gasteiger partial charge in [0.15, 0.2) is 11.6 Å². The van der Waals surface area contributed by atoms with Crippen molar-refractivity contribution in [2.24, 2.45) is 0 Å². The maximum atomic E-state index is 12.6. The fourth-order valence-electron chi connectivity index (χ4n) is 0.657. The first-order valence-corrected chi connectivity index (χ1v) is 4.22. The van der Waals surface area contributed by atoms with Gasteiger partial charge in [-0.2, -0.15) is 4.39 Å². The van der Waals surface area contributed by atoms with Crippen molar-refractivity contribution in [3.8, 4) is 5.75 Å². The van der Waals surface area contributed by atoms with E-state index in [-0.39, 0.29) is 0 Å². The summed E-state index contributed by atoms with van der Waals surface area (Å²) in [5.41, 5.74) is 0. The van der Waals surface area contributed by atoms with Crippen LogP contribution in [0, 0.1) is 11.6 Å².